The Bertz CT molecular complexity index is 273. The van der Waals surface area contributed by atoms with E-state index in [1.807, 2.05) is 0 Å². The van der Waals surface area contributed by atoms with Crippen molar-refractivity contribution in [2.45, 2.75) is 32.0 Å². The van der Waals surface area contributed by atoms with Crippen LogP contribution in [0.1, 0.15) is 12.8 Å². The summed E-state index contributed by atoms with van der Waals surface area (Å²) in [7, 11) is -1.76. The normalized spacial score (nSPS) is 28.7. The summed E-state index contributed by atoms with van der Waals surface area (Å²) >= 11 is 0. The molecule has 0 amide bonds. The molecule has 0 N–H and O–H groups in total. The van der Waals surface area contributed by atoms with Gasteiger partial charge in [-0.1, -0.05) is 0 Å². The summed E-state index contributed by atoms with van der Waals surface area (Å²) in [5, 5.41) is 1.17. The van der Waals surface area contributed by atoms with Gasteiger partial charge < -0.3 is 4.43 Å². The third-order valence-corrected chi connectivity index (χ3v) is 5.14. The Balaban J connectivity index is 2.75. The fraction of sp³-hybridized carbons (Fsp3) is 0.500. The molecule has 1 rings (SSSR count). The van der Waals surface area contributed by atoms with E-state index in [0.717, 1.165) is 12.7 Å². The maximum atomic E-state index is 10.4. The van der Waals surface area contributed by atoms with E-state index in [-0.39, 0.29) is 6.10 Å². The predicted molar refractivity (Wildman–Crippen MR) is 54.6 cm³/mol. The lowest BCUT2D eigenvalue weighted by Crippen LogP contribution is -2.28. The lowest BCUT2D eigenvalue weighted by molar-refractivity contribution is -0.104. The second-order valence-corrected chi connectivity index (χ2v) is 7.59. The average molecular weight is 194 g/mol. The first-order chi connectivity index (χ1) is 6.10. The molecule has 1 saturated heterocycles. The predicted octanol–water partition coefficient (Wildman–Crippen LogP) is 1.67. The lowest BCUT2D eigenvalue weighted by atomic mass is 10.2. The monoisotopic (exact) mass is 194 g/mol. The molecule has 0 saturated carbocycles. The number of hydrogen-bond donors (Lipinski definition) is 0. The first-order valence-electron chi connectivity index (χ1n) is 4.36. The first-order valence-corrected chi connectivity index (χ1v) is 7.27. The van der Waals surface area contributed by atoms with Crippen LogP contribution in [0, 0.1) is 12.3 Å². The van der Waals surface area contributed by atoms with E-state index in [0.29, 0.717) is 6.42 Å². The number of hydrogen-bond acceptors (Lipinski definition) is 2. The Morgan fingerprint density at radius 2 is 2.46 bits per heavy atom. The standard InChI is InChI=1S/C10H14O2Si/c1-4-5-9-8-10(6-7-11)13(2,3)12-9/h1,6-7,9H,5,8H2,2-3H3/b10-6+. The first kappa shape index (κ1) is 10.2. The molecule has 0 spiro atoms. The van der Waals surface area contributed by atoms with Gasteiger partial charge in [0, 0.05) is 6.42 Å². The van der Waals surface area contributed by atoms with Gasteiger partial charge in [-0.2, -0.15) is 0 Å². The Morgan fingerprint density at radius 1 is 1.77 bits per heavy atom. The molecule has 13 heavy (non-hydrogen) atoms. The van der Waals surface area contributed by atoms with E-state index >= 15 is 0 Å². The van der Waals surface area contributed by atoms with Crippen LogP contribution in [0.25, 0.3) is 0 Å². The average Bonchev–Trinajstić information content (AvgIpc) is 2.28. The maximum Gasteiger partial charge on any atom is 0.214 e. The van der Waals surface area contributed by atoms with Crippen molar-refractivity contribution in [3.8, 4) is 12.3 Å². The fourth-order valence-electron chi connectivity index (χ4n) is 1.62. The molecular formula is C10H14O2Si. The molecule has 0 radical (unpaired) electrons. The van der Waals surface area contributed by atoms with Crippen molar-refractivity contribution in [1.29, 1.82) is 0 Å². The highest BCUT2D eigenvalue weighted by Crippen LogP contribution is 2.32. The molecule has 1 atom stereocenters. The largest absolute Gasteiger partial charge is 0.409 e. The minimum atomic E-state index is -1.76. The van der Waals surface area contributed by atoms with Crippen molar-refractivity contribution in [3.05, 3.63) is 11.3 Å². The van der Waals surface area contributed by atoms with Crippen molar-refractivity contribution in [2.75, 3.05) is 0 Å². The van der Waals surface area contributed by atoms with Crippen molar-refractivity contribution >= 4 is 14.6 Å². The van der Waals surface area contributed by atoms with Crippen LogP contribution in [0.15, 0.2) is 11.3 Å². The molecule has 0 aliphatic carbocycles. The molecule has 0 bridgehead atoms. The van der Waals surface area contributed by atoms with Crippen LogP contribution in [0.5, 0.6) is 0 Å². The van der Waals surface area contributed by atoms with Crippen LogP contribution in [0.3, 0.4) is 0 Å². The van der Waals surface area contributed by atoms with Crippen LogP contribution in [-0.2, 0) is 9.22 Å². The Hall–Kier alpha value is -0.853. The molecule has 0 aromatic heterocycles. The summed E-state index contributed by atoms with van der Waals surface area (Å²) in [6.07, 6.45) is 9.31. The van der Waals surface area contributed by atoms with Gasteiger partial charge >= 0.3 is 0 Å². The number of rotatable bonds is 2. The van der Waals surface area contributed by atoms with E-state index < -0.39 is 8.32 Å². The lowest BCUT2D eigenvalue weighted by Gasteiger charge is -2.16. The smallest absolute Gasteiger partial charge is 0.214 e. The van der Waals surface area contributed by atoms with Crippen molar-refractivity contribution in [1.82, 2.24) is 0 Å². The van der Waals surface area contributed by atoms with Crippen LogP contribution < -0.4 is 0 Å². The van der Waals surface area contributed by atoms with Gasteiger partial charge in [-0.05, 0) is 30.8 Å². The molecule has 1 fully saturated rings. The highest BCUT2D eigenvalue weighted by molar-refractivity contribution is 6.79. The van der Waals surface area contributed by atoms with Gasteiger partial charge in [0.15, 0.2) is 0 Å². The van der Waals surface area contributed by atoms with Gasteiger partial charge in [-0.25, -0.2) is 0 Å². The zero-order valence-corrected chi connectivity index (χ0v) is 9.04. The zero-order valence-electron chi connectivity index (χ0n) is 8.04. The quantitative estimate of drug-likeness (QED) is 0.289. The highest BCUT2D eigenvalue weighted by atomic mass is 28.4. The van der Waals surface area contributed by atoms with Gasteiger partial charge in [0.2, 0.25) is 8.32 Å². The van der Waals surface area contributed by atoms with E-state index in [2.05, 4.69) is 19.0 Å². The minimum absolute atomic E-state index is 0.137. The van der Waals surface area contributed by atoms with Gasteiger partial charge in [0.1, 0.15) is 6.29 Å². The van der Waals surface area contributed by atoms with Crippen LogP contribution >= 0.6 is 0 Å². The molecule has 0 aromatic carbocycles. The van der Waals surface area contributed by atoms with Crippen LogP contribution in [0.2, 0.25) is 13.1 Å². The number of carbonyl (C=O) groups excluding carboxylic acids is 1. The van der Waals surface area contributed by atoms with E-state index in [9.17, 15) is 4.79 Å². The fourth-order valence-corrected chi connectivity index (χ4v) is 3.96. The summed E-state index contributed by atoms with van der Waals surface area (Å²) in [5.74, 6) is 2.59. The zero-order chi connectivity index (χ0) is 9.90. The van der Waals surface area contributed by atoms with E-state index in [1.165, 1.54) is 5.20 Å². The SMILES string of the molecule is C#CCC1C/C(=C\C=O)[Si](C)(C)O1. The second kappa shape index (κ2) is 3.90. The van der Waals surface area contributed by atoms with Crippen LogP contribution in [-0.4, -0.2) is 20.7 Å². The van der Waals surface area contributed by atoms with E-state index in [1.54, 1.807) is 6.08 Å². The van der Waals surface area contributed by atoms with Crippen molar-refractivity contribution in [2.24, 2.45) is 0 Å². The molecule has 1 aliphatic rings. The van der Waals surface area contributed by atoms with E-state index in [4.69, 9.17) is 10.8 Å². The maximum absolute atomic E-state index is 10.4. The third-order valence-electron chi connectivity index (χ3n) is 2.30. The van der Waals surface area contributed by atoms with Crippen molar-refractivity contribution in [3.63, 3.8) is 0 Å². The molecule has 1 heterocycles. The second-order valence-electron chi connectivity index (χ2n) is 3.69. The number of terminal acetylenes is 1. The topological polar surface area (TPSA) is 26.3 Å². The third kappa shape index (κ3) is 2.30. The molecule has 1 unspecified atom stereocenters. The summed E-state index contributed by atoms with van der Waals surface area (Å²) in [5.41, 5.74) is 0. The molecular weight excluding hydrogens is 180 g/mol. The Morgan fingerprint density at radius 3 is 3.00 bits per heavy atom. The molecule has 1 aliphatic heterocycles. The van der Waals surface area contributed by atoms with Gasteiger partial charge in [-0.15, -0.1) is 12.3 Å². The van der Waals surface area contributed by atoms with Crippen molar-refractivity contribution < 1.29 is 9.22 Å². The summed E-state index contributed by atoms with van der Waals surface area (Å²) in [4.78, 5) is 10.4. The van der Waals surface area contributed by atoms with Gasteiger partial charge in [0.05, 0.1) is 6.10 Å². The molecule has 0 aromatic rings. The highest BCUT2D eigenvalue weighted by Gasteiger charge is 2.38. The van der Waals surface area contributed by atoms with Crippen LogP contribution in [0.4, 0.5) is 0 Å². The van der Waals surface area contributed by atoms with Gasteiger partial charge in [-0.3, -0.25) is 4.79 Å². The van der Waals surface area contributed by atoms with Gasteiger partial charge in [0.25, 0.3) is 0 Å². The molecule has 2 nitrogen and oxygen atoms in total. The summed E-state index contributed by atoms with van der Waals surface area (Å²) in [6.45, 7) is 4.19. The number of allylic oxidation sites excluding steroid dienone is 1. The minimum Gasteiger partial charge on any atom is -0.409 e. The molecule has 3 heteroatoms. The summed E-state index contributed by atoms with van der Waals surface area (Å²) < 4.78 is 5.82. The Kier molecular flexibility index (Phi) is 3.07. The molecule has 70 valence electrons. The summed E-state index contributed by atoms with van der Waals surface area (Å²) in [6, 6.07) is 0. The number of carbonyl (C=O) groups is 1. The number of aldehydes is 1. The Labute approximate surface area is 80.1 Å².